The number of hydrogen-bond donors (Lipinski definition) is 1. The van der Waals surface area contributed by atoms with E-state index < -0.39 is 6.09 Å². The smallest absolute Gasteiger partial charge is 0.407 e. The lowest BCUT2D eigenvalue weighted by molar-refractivity contribution is 0.0558. The highest BCUT2D eigenvalue weighted by Gasteiger charge is 2.45. The van der Waals surface area contributed by atoms with Crippen LogP contribution >= 0.6 is 0 Å². The largest absolute Gasteiger partial charge is 0.481 e. The van der Waals surface area contributed by atoms with E-state index in [-0.39, 0.29) is 17.6 Å². The van der Waals surface area contributed by atoms with Crippen LogP contribution in [0.3, 0.4) is 0 Å². The standard InChI is InChI=1S/C22H28N6O4/c1-12-9-13(10-23-19(12)31-6)17-26-15-18(27(17)5)24-11-25-20(15)32-14-7-8-28(21(29)30)16(14)22(2,3)4/h9-11,14,16H,7-8H2,1-6H3,(H,29,30). The molecule has 0 saturated carbocycles. The third kappa shape index (κ3) is 3.69. The summed E-state index contributed by atoms with van der Waals surface area (Å²) in [6, 6.07) is 1.65. The van der Waals surface area contributed by atoms with E-state index in [9.17, 15) is 9.90 Å². The van der Waals surface area contributed by atoms with E-state index in [1.54, 1.807) is 13.3 Å². The first-order valence-electron chi connectivity index (χ1n) is 10.5. The summed E-state index contributed by atoms with van der Waals surface area (Å²) < 4.78 is 13.4. The first-order valence-corrected chi connectivity index (χ1v) is 10.5. The van der Waals surface area contributed by atoms with Gasteiger partial charge in [-0.2, -0.15) is 4.98 Å². The third-order valence-electron chi connectivity index (χ3n) is 5.84. The van der Waals surface area contributed by atoms with Gasteiger partial charge in [0.1, 0.15) is 18.3 Å². The van der Waals surface area contributed by atoms with Crippen molar-refractivity contribution in [2.24, 2.45) is 12.5 Å². The number of nitrogens with zero attached hydrogens (tertiary/aromatic N) is 6. The maximum atomic E-state index is 11.8. The molecule has 1 N–H and O–H groups in total. The molecule has 4 rings (SSSR count). The molecular formula is C22H28N6O4. The number of fused-ring (bicyclic) bond motifs is 1. The topological polar surface area (TPSA) is 115 Å². The van der Waals surface area contributed by atoms with Crippen LogP contribution in [0.25, 0.3) is 22.6 Å². The quantitative estimate of drug-likeness (QED) is 0.657. The second-order valence-corrected chi connectivity index (χ2v) is 9.13. The zero-order valence-electron chi connectivity index (χ0n) is 19.2. The van der Waals surface area contributed by atoms with E-state index in [2.05, 4.69) is 15.0 Å². The number of pyridine rings is 1. The number of carbonyl (C=O) groups is 1. The van der Waals surface area contributed by atoms with Gasteiger partial charge in [-0.15, -0.1) is 0 Å². The van der Waals surface area contributed by atoms with Crippen LogP contribution in [0.5, 0.6) is 11.8 Å². The number of hydrogen-bond acceptors (Lipinski definition) is 7. The molecule has 3 aromatic rings. The molecule has 1 amide bonds. The van der Waals surface area contributed by atoms with E-state index in [0.29, 0.717) is 41.7 Å². The molecule has 10 heteroatoms. The monoisotopic (exact) mass is 440 g/mol. The molecule has 170 valence electrons. The summed E-state index contributed by atoms with van der Waals surface area (Å²) in [7, 11) is 3.46. The van der Waals surface area contributed by atoms with Gasteiger partial charge in [0.05, 0.1) is 13.2 Å². The highest BCUT2D eigenvalue weighted by molar-refractivity contribution is 5.81. The summed E-state index contributed by atoms with van der Waals surface area (Å²) in [4.78, 5) is 31.1. The van der Waals surface area contributed by atoms with Crippen molar-refractivity contribution in [2.75, 3.05) is 13.7 Å². The van der Waals surface area contributed by atoms with Gasteiger partial charge in [-0.25, -0.2) is 19.7 Å². The van der Waals surface area contributed by atoms with Crippen molar-refractivity contribution in [3.05, 3.63) is 24.2 Å². The Hall–Kier alpha value is -3.43. The minimum atomic E-state index is -0.939. The van der Waals surface area contributed by atoms with Crippen molar-refractivity contribution in [3.8, 4) is 23.1 Å². The van der Waals surface area contributed by atoms with Crippen LogP contribution in [0.2, 0.25) is 0 Å². The SMILES string of the molecule is COc1ncc(-c2nc3c(OC4CCN(C(=O)O)C4C(C)(C)C)ncnc3n2C)cc1C. The molecule has 1 aliphatic heterocycles. The molecular weight excluding hydrogens is 412 g/mol. The normalized spacial score (nSPS) is 18.9. The minimum Gasteiger partial charge on any atom is -0.481 e. The number of carboxylic acid groups (broad SMARTS) is 1. The van der Waals surface area contributed by atoms with Crippen molar-refractivity contribution in [1.29, 1.82) is 0 Å². The van der Waals surface area contributed by atoms with Gasteiger partial charge in [0.2, 0.25) is 11.8 Å². The van der Waals surface area contributed by atoms with Crippen LogP contribution in [0, 0.1) is 12.3 Å². The van der Waals surface area contributed by atoms with Gasteiger partial charge in [-0.3, -0.25) is 0 Å². The predicted octanol–water partition coefficient (Wildman–Crippen LogP) is 3.29. The number of imidazole rings is 1. The molecule has 0 aliphatic carbocycles. The number of amides is 1. The number of aromatic nitrogens is 5. The fourth-order valence-electron chi connectivity index (χ4n) is 4.49. The summed E-state index contributed by atoms with van der Waals surface area (Å²) in [5.41, 5.74) is 2.57. The molecule has 0 aromatic carbocycles. The maximum absolute atomic E-state index is 11.8. The lowest BCUT2D eigenvalue weighted by Gasteiger charge is -2.36. The molecule has 1 aliphatic rings. The molecule has 10 nitrogen and oxygen atoms in total. The zero-order valence-corrected chi connectivity index (χ0v) is 19.2. The van der Waals surface area contributed by atoms with Gasteiger partial charge in [0.15, 0.2) is 11.2 Å². The molecule has 2 atom stereocenters. The van der Waals surface area contributed by atoms with E-state index in [4.69, 9.17) is 14.5 Å². The molecule has 1 saturated heterocycles. The zero-order chi connectivity index (χ0) is 23.2. The van der Waals surface area contributed by atoms with Gasteiger partial charge in [-0.1, -0.05) is 20.8 Å². The minimum absolute atomic E-state index is 0.298. The van der Waals surface area contributed by atoms with Gasteiger partial charge in [0, 0.05) is 37.3 Å². The highest BCUT2D eigenvalue weighted by atomic mass is 16.5. The maximum Gasteiger partial charge on any atom is 0.407 e. The van der Waals surface area contributed by atoms with Crippen molar-refractivity contribution in [3.63, 3.8) is 0 Å². The van der Waals surface area contributed by atoms with E-state index in [1.165, 1.54) is 11.2 Å². The molecule has 2 unspecified atom stereocenters. The Labute approximate surface area is 186 Å². The first-order chi connectivity index (χ1) is 15.1. The molecule has 32 heavy (non-hydrogen) atoms. The molecule has 0 spiro atoms. The van der Waals surface area contributed by atoms with Gasteiger partial charge in [0.25, 0.3) is 0 Å². The lowest BCUT2D eigenvalue weighted by atomic mass is 9.84. The summed E-state index contributed by atoms with van der Waals surface area (Å²) in [6.07, 6.45) is 2.46. The van der Waals surface area contributed by atoms with E-state index in [0.717, 1.165) is 11.1 Å². The summed E-state index contributed by atoms with van der Waals surface area (Å²) in [5.74, 6) is 1.59. The van der Waals surface area contributed by atoms with Crippen LogP contribution in [-0.2, 0) is 7.05 Å². The van der Waals surface area contributed by atoms with Crippen molar-refractivity contribution in [2.45, 2.75) is 46.3 Å². The molecule has 0 radical (unpaired) electrons. The Morgan fingerprint density at radius 2 is 1.97 bits per heavy atom. The number of likely N-dealkylation sites (tertiary alicyclic amines) is 1. The Bertz CT molecular complexity index is 1170. The number of rotatable bonds is 4. The Morgan fingerprint density at radius 3 is 2.59 bits per heavy atom. The van der Waals surface area contributed by atoms with Crippen molar-refractivity contribution >= 4 is 17.3 Å². The van der Waals surface area contributed by atoms with Crippen molar-refractivity contribution in [1.82, 2.24) is 29.4 Å². The summed E-state index contributed by atoms with van der Waals surface area (Å²) >= 11 is 0. The molecule has 1 fully saturated rings. The molecule has 3 aromatic heterocycles. The third-order valence-corrected chi connectivity index (χ3v) is 5.84. The summed E-state index contributed by atoms with van der Waals surface area (Å²) in [5, 5.41) is 9.64. The summed E-state index contributed by atoms with van der Waals surface area (Å²) in [6.45, 7) is 8.39. The van der Waals surface area contributed by atoms with E-state index >= 15 is 0 Å². The number of aryl methyl sites for hydroxylation is 2. The number of methoxy groups -OCH3 is 1. The van der Waals surface area contributed by atoms with Crippen LogP contribution in [0.4, 0.5) is 4.79 Å². The average molecular weight is 441 g/mol. The number of ether oxygens (including phenoxy) is 2. The molecule has 0 bridgehead atoms. The van der Waals surface area contributed by atoms with Gasteiger partial charge >= 0.3 is 6.09 Å². The fourth-order valence-corrected chi connectivity index (χ4v) is 4.49. The van der Waals surface area contributed by atoms with Gasteiger partial charge < -0.3 is 24.0 Å². The van der Waals surface area contributed by atoms with Crippen LogP contribution in [-0.4, -0.2) is 66.4 Å². The Balaban J connectivity index is 1.73. The average Bonchev–Trinajstić information content (AvgIpc) is 3.30. The second kappa shape index (κ2) is 7.92. The Kier molecular flexibility index (Phi) is 5.39. The lowest BCUT2D eigenvalue weighted by Crippen LogP contribution is -2.48. The predicted molar refractivity (Wildman–Crippen MR) is 118 cm³/mol. The first kappa shape index (κ1) is 21.8. The van der Waals surface area contributed by atoms with Crippen molar-refractivity contribution < 1.29 is 19.4 Å². The fraction of sp³-hybridized carbons (Fsp3) is 0.500. The van der Waals surface area contributed by atoms with Gasteiger partial charge in [-0.05, 0) is 18.4 Å². The highest BCUT2D eigenvalue weighted by Crippen LogP contribution is 2.36. The van der Waals surface area contributed by atoms with Crippen LogP contribution < -0.4 is 9.47 Å². The van der Waals surface area contributed by atoms with E-state index in [1.807, 2.05) is 45.4 Å². The molecule has 4 heterocycles. The Morgan fingerprint density at radius 1 is 1.22 bits per heavy atom. The van der Waals surface area contributed by atoms with Crippen LogP contribution in [0.15, 0.2) is 18.6 Å². The second-order valence-electron chi connectivity index (χ2n) is 9.13. The van der Waals surface area contributed by atoms with Crippen LogP contribution in [0.1, 0.15) is 32.8 Å².